The third-order valence-corrected chi connectivity index (χ3v) is 7.06. The second-order valence-electron chi connectivity index (χ2n) is 9.23. The zero-order chi connectivity index (χ0) is 29.1. The first kappa shape index (κ1) is 34.5. The number of ether oxygens (including phenoxy) is 1. The molecule has 1 rings (SSSR count). The summed E-state index contributed by atoms with van der Waals surface area (Å²) < 4.78 is 24.9. The van der Waals surface area contributed by atoms with E-state index in [0.29, 0.717) is 5.75 Å². The molecule has 4 atom stereocenters. The molecule has 12 nitrogen and oxygen atoms in total. The Morgan fingerprint density at radius 3 is 1.70 bits per heavy atom. The van der Waals surface area contributed by atoms with Crippen LogP contribution < -0.4 is 9.61 Å². The van der Waals surface area contributed by atoms with Crippen LogP contribution in [0, 0.1) is 0 Å². The lowest BCUT2D eigenvalue weighted by atomic mass is 9.94. The summed E-state index contributed by atoms with van der Waals surface area (Å²) in [5.74, 6) is -2.90. The van der Waals surface area contributed by atoms with Crippen molar-refractivity contribution in [1.82, 2.24) is 9.99 Å². The van der Waals surface area contributed by atoms with E-state index in [0.717, 1.165) is 11.1 Å². The van der Waals surface area contributed by atoms with Crippen molar-refractivity contribution in [2.24, 2.45) is 0 Å². The number of aliphatic hydroxyl groups is 2. The topological polar surface area (TPSA) is 183 Å². The number of para-hydroxylation sites is 1. The molecule has 37 heavy (non-hydrogen) atoms. The molecule has 0 amide bonds. The number of rotatable bonds is 13. The van der Waals surface area contributed by atoms with Gasteiger partial charge in [-0.1, -0.05) is 45.9 Å². The summed E-state index contributed by atoms with van der Waals surface area (Å²) in [6.45, 7) is 12.0. The smallest absolute Gasteiger partial charge is 0.335 e. The summed E-state index contributed by atoms with van der Waals surface area (Å²) in [6, 6.07) is 5.27. The largest absolute Gasteiger partial charge is 0.479 e. The van der Waals surface area contributed by atoms with Crippen molar-refractivity contribution in [2.45, 2.75) is 71.6 Å². The van der Waals surface area contributed by atoms with Crippen molar-refractivity contribution in [1.29, 1.82) is 0 Å². The van der Waals surface area contributed by atoms with Gasteiger partial charge < -0.3 is 29.7 Å². The maximum Gasteiger partial charge on any atom is 0.335 e. The van der Waals surface area contributed by atoms with Gasteiger partial charge >= 0.3 is 25.4 Å². The third-order valence-electron chi connectivity index (χ3n) is 4.86. The molecule has 0 saturated carbocycles. The second-order valence-corrected chi connectivity index (χ2v) is 11.3. The number of hydrogen-bond acceptors (Lipinski definition) is 9. The molecule has 13 heteroatoms. The van der Waals surface area contributed by atoms with E-state index in [9.17, 15) is 18.9 Å². The minimum atomic E-state index is -3.39. The Labute approximate surface area is 218 Å². The highest BCUT2D eigenvalue weighted by Gasteiger charge is 2.33. The molecule has 1 aromatic rings. The Balaban J connectivity index is 0.00000109. The van der Waals surface area contributed by atoms with Crippen LogP contribution in [0.25, 0.3) is 0 Å². The molecule has 0 aliphatic heterocycles. The van der Waals surface area contributed by atoms with Crippen molar-refractivity contribution in [3.05, 3.63) is 29.3 Å². The van der Waals surface area contributed by atoms with Crippen molar-refractivity contribution >= 4 is 25.4 Å². The monoisotopic (exact) mass is 548 g/mol. The van der Waals surface area contributed by atoms with E-state index < -0.39 is 43.7 Å². The standard InChI is InChI=1S/C20H35N2O4P.C4H6O6/c1-9-25-20(23)16(6)21-27(24,13-22(7)8)26-19-17(14(2)3)11-10-12-18(19)15(4)5;5-1(3(7)8)2(6)4(9)10/h10-12,14-16H,9,13H2,1-8H3,(H,21,24);1-2,5-6H,(H,7,8)(H,9,10)/t16-,27?;1-,2-/m00/s1. The maximum atomic E-state index is 13.7. The summed E-state index contributed by atoms with van der Waals surface area (Å²) >= 11 is 0. The van der Waals surface area contributed by atoms with Gasteiger partial charge in [0.25, 0.3) is 0 Å². The molecule has 0 aliphatic rings. The quantitative estimate of drug-likeness (QED) is 0.180. The number of carboxylic acid groups (broad SMARTS) is 2. The number of aliphatic carboxylic acids is 2. The number of nitrogens with one attached hydrogen (secondary N) is 1. The Hall–Kier alpha value is -2.50. The van der Waals surface area contributed by atoms with E-state index in [1.54, 1.807) is 18.7 Å². The zero-order valence-electron chi connectivity index (χ0n) is 22.7. The highest BCUT2D eigenvalue weighted by molar-refractivity contribution is 7.57. The molecule has 5 N–H and O–H groups in total. The molecule has 212 valence electrons. The van der Waals surface area contributed by atoms with Gasteiger partial charge in [-0.2, -0.15) is 0 Å². The molecule has 0 spiro atoms. The van der Waals surface area contributed by atoms with Gasteiger partial charge in [0, 0.05) is 0 Å². The second kappa shape index (κ2) is 15.7. The lowest BCUT2D eigenvalue weighted by Gasteiger charge is -2.29. The van der Waals surface area contributed by atoms with E-state index in [1.807, 2.05) is 32.3 Å². The average Bonchev–Trinajstić information content (AvgIpc) is 2.77. The van der Waals surface area contributed by atoms with E-state index in [1.165, 1.54) is 0 Å². The van der Waals surface area contributed by atoms with Gasteiger partial charge in [0.1, 0.15) is 18.1 Å². The highest BCUT2D eigenvalue weighted by atomic mass is 31.2. The fraction of sp³-hybridized carbons (Fsp3) is 0.625. The zero-order valence-corrected chi connectivity index (χ0v) is 23.6. The van der Waals surface area contributed by atoms with Crippen molar-refractivity contribution in [2.75, 3.05) is 27.0 Å². The number of carbonyl (C=O) groups excluding carboxylic acids is 1. The first-order valence-electron chi connectivity index (χ1n) is 11.8. The number of carbonyl (C=O) groups is 3. The van der Waals surface area contributed by atoms with Gasteiger partial charge in [0.05, 0.1) is 6.61 Å². The van der Waals surface area contributed by atoms with Crippen LogP contribution >= 0.6 is 7.52 Å². The number of benzene rings is 1. The van der Waals surface area contributed by atoms with Crippen molar-refractivity contribution in [3.63, 3.8) is 0 Å². The Morgan fingerprint density at radius 2 is 1.38 bits per heavy atom. The summed E-state index contributed by atoms with van der Waals surface area (Å²) in [7, 11) is 0.258. The molecule has 0 fully saturated rings. The van der Waals surface area contributed by atoms with Crippen LogP contribution in [0.4, 0.5) is 0 Å². The molecule has 0 saturated heterocycles. The Bertz CT molecular complexity index is 907. The van der Waals surface area contributed by atoms with Crippen molar-refractivity contribution in [3.8, 4) is 5.75 Å². The Kier molecular flexibility index (Phi) is 14.6. The minimum absolute atomic E-state index is 0.167. The number of aliphatic hydroxyl groups excluding tert-OH is 2. The molecule has 0 aliphatic carbocycles. The number of nitrogens with zero attached hydrogens (tertiary/aromatic N) is 1. The fourth-order valence-corrected chi connectivity index (χ4v) is 5.23. The predicted octanol–water partition coefficient (Wildman–Crippen LogP) is 2.44. The maximum absolute atomic E-state index is 13.7. The summed E-state index contributed by atoms with van der Waals surface area (Å²) in [4.78, 5) is 33.4. The SMILES string of the molecule is CCOC(=O)[C@H](C)NP(=O)(CN(C)C)Oc1c(C(C)C)cccc1C(C)C.O=C(O)[C@@H](O)[C@H](O)C(=O)O. The highest BCUT2D eigenvalue weighted by Crippen LogP contribution is 2.48. The summed E-state index contributed by atoms with van der Waals surface area (Å²) in [5.41, 5.74) is 2.01. The lowest BCUT2D eigenvalue weighted by Crippen LogP contribution is -2.39. The molecule has 0 aromatic heterocycles. The van der Waals surface area contributed by atoms with Crippen molar-refractivity contribution < 1.29 is 48.6 Å². The molecule has 0 bridgehead atoms. The fourth-order valence-electron chi connectivity index (χ4n) is 3.09. The lowest BCUT2D eigenvalue weighted by molar-refractivity contribution is -0.165. The Morgan fingerprint density at radius 1 is 0.946 bits per heavy atom. The molecule has 0 radical (unpaired) electrons. The normalized spacial score (nSPS) is 15.3. The average molecular weight is 549 g/mol. The van der Waals surface area contributed by atoms with Gasteiger partial charge in [-0.25, -0.2) is 14.7 Å². The van der Waals surface area contributed by atoms with E-state index in [2.05, 4.69) is 32.8 Å². The number of hydrogen-bond donors (Lipinski definition) is 5. The van der Waals surface area contributed by atoms with Crippen LogP contribution in [0.5, 0.6) is 5.75 Å². The van der Waals surface area contributed by atoms with E-state index in [-0.39, 0.29) is 24.7 Å². The number of carboxylic acids is 2. The van der Waals surface area contributed by atoms with Crippen LogP contribution in [0.3, 0.4) is 0 Å². The van der Waals surface area contributed by atoms with E-state index in [4.69, 9.17) is 29.7 Å². The molecule has 1 aromatic carbocycles. The molecule has 1 unspecified atom stereocenters. The first-order chi connectivity index (χ1) is 17.0. The van der Waals surface area contributed by atoms with Crippen LogP contribution in [0.15, 0.2) is 18.2 Å². The van der Waals surface area contributed by atoms with E-state index >= 15 is 0 Å². The minimum Gasteiger partial charge on any atom is -0.479 e. The molecular formula is C24H41N2O10P. The predicted molar refractivity (Wildman–Crippen MR) is 138 cm³/mol. The number of esters is 1. The first-order valence-corrected chi connectivity index (χ1v) is 13.6. The van der Waals surface area contributed by atoms with Gasteiger partial charge in [0.2, 0.25) is 0 Å². The van der Waals surface area contributed by atoms with Crippen LogP contribution in [0.1, 0.15) is 64.5 Å². The van der Waals surface area contributed by atoms with Gasteiger partial charge in [-0.05, 0) is 50.9 Å². The van der Waals surface area contributed by atoms with Crippen LogP contribution in [-0.2, 0) is 23.7 Å². The van der Waals surface area contributed by atoms with Gasteiger partial charge in [-0.3, -0.25) is 14.3 Å². The molecular weight excluding hydrogens is 507 g/mol. The summed E-state index contributed by atoms with van der Waals surface area (Å²) in [5, 5.41) is 35.4. The van der Waals surface area contributed by atoms with Crippen LogP contribution in [-0.4, -0.2) is 88.5 Å². The van der Waals surface area contributed by atoms with Gasteiger partial charge in [0.15, 0.2) is 12.2 Å². The third kappa shape index (κ3) is 11.6. The van der Waals surface area contributed by atoms with Gasteiger partial charge in [-0.15, -0.1) is 0 Å². The molecule has 0 heterocycles. The summed E-state index contributed by atoms with van der Waals surface area (Å²) in [6.07, 6.45) is -4.37. The van der Waals surface area contributed by atoms with Crippen LogP contribution in [0.2, 0.25) is 0 Å².